The molecule has 0 bridgehead atoms. The first-order valence-corrected chi connectivity index (χ1v) is 12.7. The number of amides is 2. The number of hydrogen-bond acceptors (Lipinski definition) is 7. The molecule has 0 spiro atoms. The molecule has 10 heteroatoms. The SMILES string of the molecule is CCN(C(=O)C(NC(=O)CCc1cccnc1)Nc1ccc(OCCCC(=O)O)cc1)c1ccc(OC)cc1. The Kier molecular flexibility index (Phi) is 11.1. The van der Waals surface area contributed by atoms with Crippen molar-refractivity contribution in [3.63, 3.8) is 0 Å². The molecule has 0 saturated heterocycles. The van der Waals surface area contributed by atoms with Gasteiger partial charge in [-0.2, -0.15) is 0 Å². The van der Waals surface area contributed by atoms with Crippen LogP contribution in [0.3, 0.4) is 0 Å². The number of aliphatic carboxylic acids is 1. The first-order valence-electron chi connectivity index (χ1n) is 12.7. The van der Waals surface area contributed by atoms with Crippen molar-refractivity contribution in [1.82, 2.24) is 10.3 Å². The van der Waals surface area contributed by atoms with Crippen molar-refractivity contribution < 1.29 is 29.0 Å². The van der Waals surface area contributed by atoms with Crippen LogP contribution < -0.4 is 25.0 Å². The van der Waals surface area contributed by atoms with Gasteiger partial charge >= 0.3 is 5.97 Å². The summed E-state index contributed by atoms with van der Waals surface area (Å²) in [4.78, 5) is 42.9. The molecular formula is C29H34N4O6. The van der Waals surface area contributed by atoms with E-state index in [0.717, 1.165) is 5.56 Å². The van der Waals surface area contributed by atoms with Crippen molar-refractivity contribution in [1.29, 1.82) is 0 Å². The molecule has 1 aromatic heterocycles. The average Bonchev–Trinajstić information content (AvgIpc) is 2.96. The summed E-state index contributed by atoms with van der Waals surface area (Å²) in [7, 11) is 1.57. The van der Waals surface area contributed by atoms with Gasteiger partial charge in [-0.15, -0.1) is 0 Å². The van der Waals surface area contributed by atoms with Crippen LogP contribution in [0.15, 0.2) is 73.1 Å². The van der Waals surface area contributed by atoms with Gasteiger partial charge in [0.1, 0.15) is 11.5 Å². The van der Waals surface area contributed by atoms with Crippen molar-refractivity contribution in [3.05, 3.63) is 78.6 Å². The van der Waals surface area contributed by atoms with Gasteiger partial charge in [0, 0.05) is 43.2 Å². The molecule has 0 radical (unpaired) electrons. The number of carbonyl (C=O) groups excluding carboxylic acids is 2. The smallest absolute Gasteiger partial charge is 0.303 e. The molecule has 3 N–H and O–H groups in total. The summed E-state index contributed by atoms with van der Waals surface area (Å²) < 4.78 is 10.8. The zero-order chi connectivity index (χ0) is 28.0. The Balaban J connectivity index is 1.72. The monoisotopic (exact) mass is 534 g/mol. The van der Waals surface area contributed by atoms with Crippen LogP contribution in [0, 0.1) is 0 Å². The molecule has 0 saturated carbocycles. The number of pyridine rings is 1. The highest BCUT2D eigenvalue weighted by Gasteiger charge is 2.26. The predicted molar refractivity (Wildman–Crippen MR) is 148 cm³/mol. The van der Waals surface area contributed by atoms with Crippen LogP contribution in [-0.2, 0) is 20.8 Å². The lowest BCUT2D eigenvalue weighted by molar-refractivity contribution is -0.137. The van der Waals surface area contributed by atoms with Crippen LogP contribution in [0.25, 0.3) is 0 Å². The number of methoxy groups -OCH3 is 1. The predicted octanol–water partition coefficient (Wildman–Crippen LogP) is 3.87. The molecule has 1 unspecified atom stereocenters. The number of anilines is 2. The number of hydrogen-bond donors (Lipinski definition) is 3. The average molecular weight is 535 g/mol. The number of carboxylic acids is 1. The highest BCUT2D eigenvalue weighted by Crippen LogP contribution is 2.21. The Morgan fingerprint density at radius 2 is 1.72 bits per heavy atom. The second-order valence-electron chi connectivity index (χ2n) is 8.66. The van der Waals surface area contributed by atoms with Gasteiger partial charge in [0.15, 0.2) is 6.17 Å². The minimum Gasteiger partial charge on any atom is -0.497 e. The lowest BCUT2D eigenvalue weighted by atomic mass is 10.1. The standard InChI is InChI=1S/C29H34N4O6/c1-3-33(23-11-15-24(38-2)16-12-23)29(37)28(32-26(34)17-8-21-6-4-18-30-20-21)31-22-9-13-25(14-10-22)39-19-5-7-27(35)36/h4,6,9-16,18,20,28,31H,3,5,7-8,17,19H2,1-2H3,(H,32,34)(H,35,36). The zero-order valence-corrected chi connectivity index (χ0v) is 22.1. The van der Waals surface area contributed by atoms with E-state index in [9.17, 15) is 14.4 Å². The van der Waals surface area contributed by atoms with Gasteiger partial charge in [-0.3, -0.25) is 19.4 Å². The van der Waals surface area contributed by atoms with Crippen molar-refractivity contribution in [2.24, 2.45) is 0 Å². The van der Waals surface area contributed by atoms with Crippen LogP contribution in [0.1, 0.15) is 31.7 Å². The van der Waals surface area contributed by atoms with E-state index < -0.39 is 12.1 Å². The molecule has 3 aromatic rings. The number of aryl methyl sites for hydroxylation is 1. The molecule has 2 amide bonds. The van der Waals surface area contributed by atoms with E-state index in [1.165, 1.54) is 0 Å². The summed E-state index contributed by atoms with van der Waals surface area (Å²) in [6, 6.07) is 17.7. The van der Waals surface area contributed by atoms with Gasteiger partial charge in [0.05, 0.1) is 13.7 Å². The van der Waals surface area contributed by atoms with Gasteiger partial charge in [-0.1, -0.05) is 6.07 Å². The van der Waals surface area contributed by atoms with Crippen molar-refractivity contribution in [2.45, 2.75) is 38.8 Å². The third-order valence-corrected chi connectivity index (χ3v) is 5.85. The maximum atomic E-state index is 13.7. The Labute approximate surface area is 228 Å². The second kappa shape index (κ2) is 15.0. The second-order valence-corrected chi connectivity index (χ2v) is 8.66. The third kappa shape index (κ3) is 9.33. The molecule has 206 valence electrons. The molecule has 3 rings (SSSR count). The Bertz CT molecular complexity index is 1200. The summed E-state index contributed by atoms with van der Waals surface area (Å²) in [5.41, 5.74) is 2.20. The van der Waals surface area contributed by atoms with Gasteiger partial charge in [0.25, 0.3) is 5.91 Å². The van der Waals surface area contributed by atoms with E-state index in [4.69, 9.17) is 14.6 Å². The van der Waals surface area contributed by atoms with E-state index in [1.807, 2.05) is 19.1 Å². The lowest BCUT2D eigenvalue weighted by Crippen LogP contribution is -2.53. The van der Waals surface area contributed by atoms with Crippen LogP contribution in [0.5, 0.6) is 11.5 Å². The van der Waals surface area contributed by atoms with Crippen molar-refractivity contribution in [3.8, 4) is 11.5 Å². The molecule has 2 aromatic carbocycles. The molecule has 0 aliphatic heterocycles. The fraction of sp³-hybridized carbons (Fsp3) is 0.310. The maximum Gasteiger partial charge on any atom is 0.303 e. The van der Waals surface area contributed by atoms with E-state index in [-0.39, 0.29) is 31.3 Å². The third-order valence-electron chi connectivity index (χ3n) is 5.85. The molecule has 0 aliphatic rings. The summed E-state index contributed by atoms with van der Waals surface area (Å²) in [5, 5.41) is 14.7. The summed E-state index contributed by atoms with van der Waals surface area (Å²) >= 11 is 0. The van der Waals surface area contributed by atoms with Gasteiger partial charge in [-0.05, 0) is 79.9 Å². The highest BCUT2D eigenvalue weighted by atomic mass is 16.5. The largest absolute Gasteiger partial charge is 0.497 e. The normalized spacial score (nSPS) is 11.2. The van der Waals surface area contributed by atoms with E-state index in [0.29, 0.717) is 42.3 Å². The van der Waals surface area contributed by atoms with E-state index in [1.54, 1.807) is 72.9 Å². The fourth-order valence-electron chi connectivity index (χ4n) is 3.81. The van der Waals surface area contributed by atoms with Crippen molar-refractivity contribution >= 4 is 29.2 Å². The maximum absolute atomic E-state index is 13.7. The van der Waals surface area contributed by atoms with E-state index >= 15 is 0 Å². The summed E-state index contributed by atoms with van der Waals surface area (Å²) in [6.07, 6.45) is 3.46. The summed E-state index contributed by atoms with van der Waals surface area (Å²) in [6.45, 7) is 2.53. The number of aromatic nitrogens is 1. The number of carboxylic acid groups (broad SMARTS) is 1. The Morgan fingerprint density at radius 1 is 1.00 bits per heavy atom. The molecule has 39 heavy (non-hydrogen) atoms. The Morgan fingerprint density at radius 3 is 2.33 bits per heavy atom. The molecule has 0 fully saturated rings. The number of carbonyl (C=O) groups is 3. The Hall–Kier alpha value is -4.60. The minimum absolute atomic E-state index is 0.0338. The fourth-order valence-corrected chi connectivity index (χ4v) is 3.81. The highest BCUT2D eigenvalue weighted by molar-refractivity contribution is 6.00. The number of ether oxygens (including phenoxy) is 2. The first kappa shape index (κ1) is 29.0. The quantitative estimate of drug-likeness (QED) is 0.198. The molecule has 10 nitrogen and oxygen atoms in total. The first-order chi connectivity index (χ1) is 18.9. The minimum atomic E-state index is -1.03. The van der Waals surface area contributed by atoms with Gasteiger partial charge in [-0.25, -0.2) is 0 Å². The lowest BCUT2D eigenvalue weighted by Gasteiger charge is -2.28. The summed E-state index contributed by atoms with van der Waals surface area (Å²) in [5.74, 6) is -0.235. The van der Waals surface area contributed by atoms with Crippen LogP contribution >= 0.6 is 0 Å². The number of nitrogens with one attached hydrogen (secondary N) is 2. The topological polar surface area (TPSA) is 130 Å². The molecule has 0 aliphatic carbocycles. The van der Waals surface area contributed by atoms with Crippen molar-refractivity contribution in [2.75, 3.05) is 30.5 Å². The number of rotatable bonds is 15. The van der Waals surface area contributed by atoms with Gasteiger partial charge in [0.2, 0.25) is 5.91 Å². The number of nitrogens with zero attached hydrogens (tertiary/aromatic N) is 2. The molecule has 1 heterocycles. The number of likely N-dealkylation sites (N-methyl/N-ethyl adjacent to an activating group) is 1. The number of benzene rings is 2. The van der Waals surface area contributed by atoms with Crippen LogP contribution in [0.4, 0.5) is 11.4 Å². The zero-order valence-electron chi connectivity index (χ0n) is 22.1. The molecular weight excluding hydrogens is 500 g/mol. The molecule has 1 atom stereocenters. The van der Waals surface area contributed by atoms with Gasteiger partial charge < -0.3 is 30.1 Å². The van der Waals surface area contributed by atoms with Crippen LogP contribution in [0.2, 0.25) is 0 Å². The van der Waals surface area contributed by atoms with Crippen LogP contribution in [-0.4, -0.2) is 54.3 Å². The van der Waals surface area contributed by atoms with E-state index in [2.05, 4.69) is 15.6 Å².